The number of carbonyl (C=O) groups excluding carboxylic acids is 1. The molecule has 0 fully saturated rings. The molecule has 0 aliphatic rings. The minimum Gasteiger partial charge on any atom is -0.350 e. The molecule has 0 unspecified atom stereocenters. The SMILES string of the molecule is CC(=O)N[C@@H](C)c1ccc(-c2ccccc2)cc1. The number of hydrogen-bond donors (Lipinski definition) is 1. The lowest BCUT2D eigenvalue weighted by atomic mass is 10.0. The third-order valence-corrected chi connectivity index (χ3v) is 2.94. The highest BCUT2D eigenvalue weighted by Crippen LogP contribution is 2.21. The van der Waals surface area contributed by atoms with Crippen LogP contribution in [0, 0.1) is 0 Å². The summed E-state index contributed by atoms with van der Waals surface area (Å²) in [4.78, 5) is 11.0. The van der Waals surface area contributed by atoms with E-state index in [-0.39, 0.29) is 11.9 Å². The minimum atomic E-state index is -0.00497. The number of carbonyl (C=O) groups is 1. The van der Waals surface area contributed by atoms with Gasteiger partial charge in [0.25, 0.3) is 0 Å². The van der Waals surface area contributed by atoms with Gasteiger partial charge in [0.15, 0.2) is 0 Å². The molecule has 92 valence electrons. The average molecular weight is 239 g/mol. The van der Waals surface area contributed by atoms with Crippen molar-refractivity contribution in [1.82, 2.24) is 5.32 Å². The lowest BCUT2D eigenvalue weighted by Gasteiger charge is -2.13. The maximum Gasteiger partial charge on any atom is 0.217 e. The van der Waals surface area contributed by atoms with Gasteiger partial charge in [0.1, 0.15) is 0 Å². The van der Waals surface area contributed by atoms with E-state index < -0.39 is 0 Å². The van der Waals surface area contributed by atoms with Gasteiger partial charge in [-0.05, 0) is 23.6 Å². The molecular formula is C16H17NO. The quantitative estimate of drug-likeness (QED) is 0.872. The van der Waals surface area contributed by atoms with Gasteiger partial charge in [0, 0.05) is 6.92 Å². The highest BCUT2D eigenvalue weighted by Gasteiger charge is 2.06. The topological polar surface area (TPSA) is 29.1 Å². The summed E-state index contributed by atoms with van der Waals surface area (Å²) in [6, 6.07) is 18.6. The van der Waals surface area contributed by atoms with Gasteiger partial charge in [-0.2, -0.15) is 0 Å². The summed E-state index contributed by atoms with van der Waals surface area (Å²) in [5.74, 6) is -0.00497. The third-order valence-electron chi connectivity index (χ3n) is 2.94. The van der Waals surface area contributed by atoms with Crippen LogP contribution in [-0.4, -0.2) is 5.91 Å². The molecule has 2 heteroatoms. The van der Waals surface area contributed by atoms with Crippen molar-refractivity contribution in [2.24, 2.45) is 0 Å². The molecule has 0 bridgehead atoms. The number of hydrogen-bond acceptors (Lipinski definition) is 1. The van der Waals surface area contributed by atoms with Crippen molar-refractivity contribution in [2.45, 2.75) is 19.9 Å². The van der Waals surface area contributed by atoms with Gasteiger partial charge in [0.05, 0.1) is 6.04 Å². The van der Waals surface area contributed by atoms with Gasteiger partial charge in [-0.15, -0.1) is 0 Å². The molecule has 0 aliphatic carbocycles. The summed E-state index contributed by atoms with van der Waals surface area (Å²) >= 11 is 0. The lowest BCUT2D eigenvalue weighted by Crippen LogP contribution is -2.23. The Labute approximate surface area is 108 Å². The first kappa shape index (κ1) is 12.4. The third kappa shape index (κ3) is 2.98. The first-order valence-electron chi connectivity index (χ1n) is 6.09. The largest absolute Gasteiger partial charge is 0.350 e. The molecule has 0 saturated carbocycles. The second kappa shape index (κ2) is 5.50. The summed E-state index contributed by atoms with van der Waals surface area (Å²) in [7, 11) is 0. The van der Waals surface area contributed by atoms with Crippen LogP contribution in [0.1, 0.15) is 25.5 Å². The molecule has 0 aliphatic heterocycles. The Morgan fingerprint density at radius 1 is 0.944 bits per heavy atom. The first-order valence-corrected chi connectivity index (χ1v) is 6.09. The molecule has 0 spiro atoms. The molecule has 2 aromatic rings. The van der Waals surface area contributed by atoms with Gasteiger partial charge in [-0.3, -0.25) is 4.79 Å². The molecule has 0 heterocycles. The smallest absolute Gasteiger partial charge is 0.217 e. The highest BCUT2D eigenvalue weighted by molar-refractivity contribution is 5.73. The van der Waals surface area contributed by atoms with Crippen LogP contribution in [0.5, 0.6) is 0 Å². The van der Waals surface area contributed by atoms with Gasteiger partial charge >= 0.3 is 0 Å². The normalized spacial score (nSPS) is 11.9. The highest BCUT2D eigenvalue weighted by atomic mass is 16.1. The monoisotopic (exact) mass is 239 g/mol. The van der Waals surface area contributed by atoms with Gasteiger partial charge in [-0.25, -0.2) is 0 Å². The van der Waals surface area contributed by atoms with Crippen LogP contribution in [0.2, 0.25) is 0 Å². The predicted octanol–water partition coefficient (Wildman–Crippen LogP) is 3.55. The van der Waals surface area contributed by atoms with Crippen molar-refractivity contribution in [1.29, 1.82) is 0 Å². The van der Waals surface area contributed by atoms with Crippen molar-refractivity contribution in [3.63, 3.8) is 0 Å². The molecule has 0 radical (unpaired) electrons. The molecule has 2 aromatic carbocycles. The molecule has 0 aromatic heterocycles. The molecule has 0 saturated heterocycles. The van der Waals surface area contributed by atoms with Crippen LogP contribution in [0.4, 0.5) is 0 Å². The van der Waals surface area contributed by atoms with Crippen LogP contribution in [0.15, 0.2) is 54.6 Å². The van der Waals surface area contributed by atoms with Crippen molar-refractivity contribution in [3.05, 3.63) is 60.2 Å². The molecule has 18 heavy (non-hydrogen) atoms. The Balaban J connectivity index is 2.18. The maximum atomic E-state index is 11.0. The van der Waals surface area contributed by atoms with Crippen molar-refractivity contribution >= 4 is 5.91 Å². The Hall–Kier alpha value is -2.09. The van der Waals surface area contributed by atoms with Gasteiger partial charge < -0.3 is 5.32 Å². The predicted molar refractivity (Wildman–Crippen MR) is 74.1 cm³/mol. The standard InChI is InChI=1S/C16H17NO/c1-12(17-13(2)18)14-8-10-16(11-9-14)15-6-4-3-5-7-15/h3-12H,1-2H3,(H,17,18)/t12-/m0/s1. The zero-order chi connectivity index (χ0) is 13.0. The number of benzene rings is 2. The average Bonchev–Trinajstić information content (AvgIpc) is 2.39. The summed E-state index contributed by atoms with van der Waals surface area (Å²) in [5, 5.41) is 2.88. The molecule has 1 N–H and O–H groups in total. The molecular weight excluding hydrogens is 222 g/mol. The zero-order valence-corrected chi connectivity index (χ0v) is 10.7. The molecule has 2 nitrogen and oxygen atoms in total. The van der Waals surface area contributed by atoms with Crippen molar-refractivity contribution in [3.8, 4) is 11.1 Å². The second-order valence-electron chi connectivity index (χ2n) is 4.41. The van der Waals surface area contributed by atoms with Gasteiger partial charge in [-0.1, -0.05) is 54.6 Å². The van der Waals surface area contributed by atoms with Crippen LogP contribution < -0.4 is 5.32 Å². The van der Waals surface area contributed by atoms with Crippen LogP contribution in [-0.2, 0) is 4.79 Å². The molecule has 2 rings (SSSR count). The van der Waals surface area contributed by atoms with Crippen LogP contribution in [0.3, 0.4) is 0 Å². The fourth-order valence-corrected chi connectivity index (χ4v) is 1.98. The Morgan fingerprint density at radius 2 is 1.50 bits per heavy atom. The number of nitrogens with one attached hydrogen (secondary N) is 1. The maximum absolute atomic E-state index is 11.0. The summed E-state index contributed by atoms with van der Waals surface area (Å²) < 4.78 is 0. The summed E-state index contributed by atoms with van der Waals surface area (Å²) in [6.45, 7) is 3.52. The van der Waals surface area contributed by atoms with E-state index in [9.17, 15) is 4.79 Å². The van der Waals surface area contributed by atoms with E-state index in [0.29, 0.717) is 0 Å². The van der Waals surface area contributed by atoms with E-state index in [1.54, 1.807) is 0 Å². The van der Waals surface area contributed by atoms with Crippen molar-refractivity contribution < 1.29 is 4.79 Å². The number of amides is 1. The first-order chi connectivity index (χ1) is 8.66. The zero-order valence-electron chi connectivity index (χ0n) is 10.7. The summed E-state index contributed by atoms with van der Waals surface area (Å²) in [5.41, 5.74) is 3.51. The minimum absolute atomic E-state index is 0.00497. The van der Waals surface area contributed by atoms with E-state index in [1.807, 2.05) is 25.1 Å². The molecule has 1 amide bonds. The second-order valence-corrected chi connectivity index (χ2v) is 4.41. The van der Waals surface area contributed by atoms with E-state index in [0.717, 1.165) is 5.56 Å². The van der Waals surface area contributed by atoms with E-state index >= 15 is 0 Å². The Kier molecular flexibility index (Phi) is 3.78. The molecule has 1 atom stereocenters. The summed E-state index contributed by atoms with van der Waals surface area (Å²) in [6.07, 6.45) is 0. The van der Waals surface area contributed by atoms with Crippen LogP contribution >= 0.6 is 0 Å². The Bertz CT molecular complexity index is 517. The fraction of sp³-hybridized carbons (Fsp3) is 0.188. The number of rotatable bonds is 3. The Morgan fingerprint density at radius 3 is 2.06 bits per heavy atom. The van der Waals surface area contributed by atoms with E-state index in [2.05, 4.69) is 41.7 Å². The fourth-order valence-electron chi connectivity index (χ4n) is 1.98. The van der Waals surface area contributed by atoms with E-state index in [1.165, 1.54) is 18.1 Å². The van der Waals surface area contributed by atoms with E-state index in [4.69, 9.17) is 0 Å². The van der Waals surface area contributed by atoms with Gasteiger partial charge in [0.2, 0.25) is 5.91 Å². The lowest BCUT2D eigenvalue weighted by molar-refractivity contribution is -0.119. The van der Waals surface area contributed by atoms with Crippen molar-refractivity contribution in [2.75, 3.05) is 0 Å². The van der Waals surface area contributed by atoms with Crippen LogP contribution in [0.25, 0.3) is 11.1 Å².